The quantitative estimate of drug-likeness (QED) is 0.0311. The lowest BCUT2D eigenvalue weighted by atomic mass is 9.70. The third-order valence-corrected chi connectivity index (χ3v) is 21.9. The van der Waals surface area contributed by atoms with Gasteiger partial charge in [-0.15, -0.1) is 0 Å². The minimum Gasteiger partial charge on any atom is -0.0654 e. The van der Waals surface area contributed by atoms with Crippen molar-refractivity contribution in [2.24, 2.45) is 0 Å². The largest absolute Gasteiger partial charge is 0.0654 e. The Balaban J connectivity index is 0.000000178. The van der Waals surface area contributed by atoms with Crippen molar-refractivity contribution >= 4 is 53.9 Å². The molecule has 92 heavy (non-hydrogen) atoms. The summed E-state index contributed by atoms with van der Waals surface area (Å²) < 4.78 is 0. The molecule has 0 N–H and O–H groups in total. The van der Waals surface area contributed by atoms with E-state index in [4.69, 9.17) is 0 Å². The van der Waals surface area contributed by atoms with Gasteiger partial charge in [-0.1, -0.05) is 345 Å². The van der Waals surface area contributed by atoms with E-state index in [0.717, 1.165) is 0 Å². The van der Waals surface area contributed by atoms with E-state index in [2.05, 4.69) is 236 Å². The summed E-state index contributed by atoms with van der Waals surface area (Å²) in [5, 5.41) is 13.3. The van der Waals surface area contributed by atoms with Crippen molar-refractivity contribution in [3.63, 3.8) is 0 Å². The predicted octanol–water partition coefficient (Wildman–Crippen LogP) is 28.6. The lowest BCUT2D eigenvalue weighted by Crippen LogP contribution is -2.25. The van der Waals surface area contributed by atoms with E-state index in [1.54, 1.807) is 22.3 Å². The van der Waals surface area contributed by atoms with Crippen molar-refractivity contribution in [3.05, 3.63) is 228 Å². The highest BCUT2D eigenvalue weighted by molar-refractivity contribution is 6.16. The summed E-state index contributed by atoms with van der Waals surface area (Å²) in [7, 11) is 0. The molecule has 474 valence electrons. The Bertz CT molecular complexity index is 4240. The molecule has 0 fully saturated rings. The zero-order valence-electron chi connectivity index (χ0n) is 57.3. The molecular formula is C92H106. The first-order chi connectivity index (χ1) is 45.3. The first-order valence-electron chi connectivity index (χ1n) is 37.1. The molecule has 0 heterocycles. The Kier molecular flexibility index (Phi) is 21.6. The Labute approximate surface area is 554 Å². The van der Waals surface area contributed by atoms with Crippen molar-refractivity contribution in [2.45, 2.75) is 232 Å². The third-order valence-electron chi connectivity index (χ3n) is 21.9. The van der Waals surface area contributed by atoms with Gasteiger partial charge in [0.2, 0.25) is 0 Å². The molecule has 0 amide bonds. The zero-order valence-corrected chi connectivity index (χ0v) is 57.3. The van der Waals surface area contributed by atoms with Crippen molar-refractivity contribution < 1.29 is 0 Å². The van der Waals surface area contributed by atoms with Gasteiger partial charge in [0.15, 0.2) is 0 Å². The Morgan fingerprint density at radius 2 is 0.565 bits per heavy atom. The maximum atomic E-state index is 2.65. The summed E-state index contributed by atoms with van der Waals surface area (Å²) in [6.07, 6.45) is 37.4. The van der Waals surface area contributed by atoms with Gasteiger partial charge in [-0.25, -0.2) is 0 Å². The second-order valence-corrected chi connectivity index (χ2v) is 28.5. The van der Waals surface area contributed by atoms with Crippen molar-refractivity contribution in [1.29, 1.82) is 0 Å². The van der Waals surface area contributed by atoms with E-state index in [9.17, 15) is 0 Å². The first-order valence-corrected chi connectivity index (χ1v) is 37.1. The van der Waals surface area contributed by atoms with Crippen molar-refractivity contribution in [1.82, 2.24) is 0 Å². The highest BCUT2D eigenvalue weighted by Gasteiger charge is 2.44. The van der Waals surface area contributed by atoms with Crippen molar-refractivity contribution in [2.75, 3.05) is 0 Å². The van der Waals surface area contributed by atoms with Crippen molar-refractivity contribution in [3.8, 4) is 44.5 Å². The second-order valence-electron chi connectivity index (χ2n) is 28.5. The highest BCUT2D eigenvalue weighted by atomic mass is 14.5. The van der Waals surface area contributed by atoms with Crippen LogP contribution >= 0.6 is 0 Å². The Morgan fingerprint density at radius 1 is 0.228 bits per heavy atom. The fourth-order valence-electron chi connectivity index (χ4n) is 17.0. The number of fused-ring (bicyclic) bond motifs is 11. The minimum atomic E-state index is 0.0787. The fraction of sp³-hybridized carbons (Fsp3) is 0.391. The number of rotatable bonds is 30. The summed E-state index contributed by atoms with van der Waals surface area (Å²) >= 11 is 0. The molecule has 2 aliphatic carbocycles. The summed E-state index contributed by atoms with van der Waals surface area (Å²) in [4.78, 5) is 0. The van der Waals surface area contributed by atoms with Gasteiger partial charge >= 0.3 is 0 Å². The molecule has 0 aliphatic heterocycles. The smallest absolute Gasteiger partial charge is 0.0215 e. The molecule has 2 aliphatic rings. The van der Waals surface area contributed by atoms with E-state index in [0.29, 0.717) is 0 Å². The molecule has 0 unspecified atom stereocenters. The van der Waals surface area contributed by atoms with Gasteiger partial charge < -0.3 is 0 Å². The standard InChI is InChI=1S/C48H54.C44H52/c1-4-6-8-10-12-18-28-48(29-19-13-11-9-7-5-2)45-30-35(3)24-26-42(45)43-27-25-39(34-46(43)48)47-41-23-17-16-22-38(41)32-40-31-36-20-14-15-21-37(36)33-44(40)47;1-4-6-8-10-12-16-27-44(28-17-13-11-9-7-5-2)42-29-33(3)23-25-39(42)40-26-24-37(32-43(40)44)38-22-18-21-36-30-34-19-14-15-20-35(34)31-41(36)38/h14-17,20-27,30-34H,4-13,18-19,28-29H2,1-3H3;14-15,18-26,29-32H,4-13,16-17,27-28H2,1-3H3. The fourth-order valence-corrected chi connectivity index (χ4v) is 17.0. The van der Waals surface area contributed by atoms with Gasteiger partial charge in [-0.2, -0.15) is 0 Å². The van der Waals surface area contributed by atoms with Crippen LogP contribution in [0.5, 0.6) is 0 Å². The van der Waals surface area contributed by atoms with Gasteiger partial charge in [0.25, 0.3) is 0 Å². The molecule has 0 heteroatoms. The minimum absolute atomic E-state index is 0.0787. The molecule has 0 aromatic heterocycles. The van der Waals surface area contributed by atoms with E-state index >= 15 is 0 Å². The number of hydrogen-bond acceptors (Lipinski definition) is 0. The molecule has 0 radical (unpaired) electrons. The van der Waals surface area contributed by atoms with Crippen LogP contribution in [0.25, 0.3) is 98.4 Å². The van der Waals surface area contributed by atoms with Crippen LogP contribution in [0.2, 0.25) is 0 Å². The molecule has 11 aromatic carbocycles. The van der Waals surface area contributed by atoms with Gasteiger partial charge in [0.1, 0.15) is 0 Å². The lowest BCUT2D eigenvalue weighted by molar-refractivity contribution is 0.398. The van der Waals surface area contributed by atoms with Crippen LogP contribution in [0.15, 0.2) is 194 Å². The topological polar surface area (TPSA) is 0 Å². The molecule has 11 aromatic rings. The Morgan fingerprint density at radius 3 is 1.04 bits per heavy atom. The van der Waals surface area contributed by atoms with Gasteiger partial charge in [-0.05, 0) is 203 Å². The maximum absolute atomic E-state index is 2.65. The molecule has 0 nitrogen and oxygen atoms in total. The van der Waals surface area contributed by atoms with Crippen LogP contribution in [-0.2, 0) is 10.8 Å². The molecule has 13 rings (SSSR count). The molecule has 0 spiro atoms. The van der Waals surface area contributed by atoms with E-state index in [1.165, 1.54) is 289 Å². The van der Waals surface area contributed by atoms with Crippen LogP contribution in [0, 0.1) is 13.8 Å². The number of aryl methyl sites for hydroxylation is 2. The molecule has 0 saturated carbocycles. The average molecular weight is 1210 g/mol. The number of unbranched alkanes of at least 4 members (excludes halogenated alkanes) is 20. The SMILES string of the molecule is CCCCCCCCC1(CCCCCCCC)c2cc(C)ccc2-c2ccc(-c3c4ccccc4cc4cc5ccccc5cc34)cc21.CCCCCCCCC1(CCCCCCCC)c2cc(C)ccc2-c2ccc(-c3cccc4cc5ccccc5cc34)cc21. The number of hydrogen-bond donors (Lipinski definition) is 0. The summed E-state index contributed by atoms with van der Waals surface area (Å²) in [6, 6.07) is 75.2. The summed E-state index contributed by atoms with van der Waals surface area (Å²) in [6.45, 7) is 13.9. The van der Waals surface area contributed by atoms with E-state index < -0.39 is 0 Å². The monoisotopic (exact) mass is 1210 g/mol. The van der Waals surface area contributed by atoms with Gasteiger partial charge in [-0.3, -0.25) is 0 Å². The van der Waals surface area contributed by atoms with Gasteiger partial charge in [0.05, 0.1) is 0 Å². The zero-order chi connectivity index (χ0) is 63.3. The highest BCUT2D eigenvalue weighted by Crippen LogP contribution is 2.58. The van der Waals surface area contributed by atoms with Crippen LogP contribution in [0.4, 0.5) is 0 Å². The lowest BCUT2D eigenvalue weighted by Gasteiger charge is -2.33. The van der Waals surface area contributed by atoms with E-state index in [-0.39, 0.29) is 10.8 Å². The maximum Gasteiger partial charge on any atom is 0.0215 e. The molecule has 0 atom stereocenters. The normalized spacial score (nSPS) is 13.4. The van der Waals surface area contributed by atoms with Gasteiger partial charge in [0, 0.05) is 10.8 Å². The average Bonchev–Trinajstić information content (AvgIpc) is 1.54. The first kappa shape index (κ1) is 64.8. The third kappa shape index (κ3) is 13.8. The molecular weight excluding hydrogens is 1110 g/mol. The van der Waals surface area contributed by atoms with Crippen LogP contribution in [-0.4, -0.2) is 0 Å². The van der Waals surface area contributed by atoms with E-state index in [1.807, 2.05) is 0 Å². The summed E-state index contributed by atoms with van der Waals surface area (Å²) in [5.74, 6) is 0. The Hall–Kier alpha value is -7.28. The molecule has 0 saturated heterocycles. The molecule has 0 bridgehead atoms. The van der Waals surface area contributed by atoms with Crippen LogP contribution in [0.1, 0.15) is 241 Å². The predicted molar refractivity (Wildman–Crippen MR) is 405 cm³/mol. The van der Waals surface area contributed by atoms with Crippen LogP contribution < -0.4 is 0 Å². The number of benzene rings is 11. The van der Waals surface area contributed by atoms with Crippen LogP contribution in [0.3, 0.4) is 0 Å². The summed E-state index contributed by atoms with van der Waals surface area (Å²) in [5.41, 5.74) is 20.8. The second kappa shape index (κ2) is 30.6.